The number of hydrogen-bond acceptors (Lipinski definition) is 6. The maximum Gasteiger partial charge on any atom is 0.236 e. The molecule has 0 bridgehead atoms. The topological polar surface area (TPSA) is 109 Å². The molecule has 1 amide bonds. The van der Waals surface area contributed by atoms with E-state index in [2.05, 4.69) is 5.32 Å². The molecule has 0 aliphatic carbocycles. The summed E-state index contributed by atoms with van der Waals surface area (Å²) >= 11 is 0. The molecule has 7 heteroatoms. The first-order chi connectivity index (χ1) is 9.68. The molecular formula is C13H29N3O4. The van der Waals surface area contributed by atoms with E-state index in [-0.39, 0.29) is 5.91 Å². The molecule has 0 saturated heterocycles. The number of ether oxygens (including phenoxy) is 3. The minimum atomic E-state index is -0.462. The minimum absolute atomic E-state index is 0.136. The predicted molar refractivity (Wildman–Crippen MR) is 77.4 cm³/mol. The van der Waals surface area contributed by atoms with Gasteiger partial charge in [0.15, 0.2) is 0 Å². The maximum absolute atomic E-state index is 11.1. The van der Waals surface area contributed by atoms with Crippen LogP contribution in [0.2, 0.25) is 0 Å². The highest BCUT2D eigenvalue weighted by Gasteiger charge is 2.04. The number of carbonyl (C=O) groups is 1. The van der Waals surface area contributed by atoms with Crippen molar-refractivity contribution in [3.05, 3.63) is 0 Å². The fraction of sp³-hybridized carbons (Fsp3) is 0.923. The number of amides is 1. The molecule has 0 unspecified atom stereocenters. The van der Waals surface area contributed by atoms with E-state index >= 15 is 0 Å². The fourth-order valence-electron chi connectivity index (χ4n) is 1.27. The molecule has 0 fully saturated rings. The molecule has 0 rings (SSSR count). The van der Waals surface area contributed by atoms with Crippen LogP contribution in [0.4, 0.5) is 0 Å². The zero-order chi connectivity index (χ0) is 15.1. The van der Waals surface area contributed by atoms with E-state index in [9.17, 15) is 4.79 Å². The number of nitrogens with one attached hydrogen (secondary N) is 1. The molecule has 20 heavy (non-hydrogen) atoms. The van der Waals surface area contributed by atoms with Crippen LogP contribution in [0.15, 0.2) is 0 Å². The Morgan fingerprint density at radius 2 is 1.50 bits per heavy atom. The molecular weight excluding hydrogens is 262 g/mol. The maximum atomic E-state index is 11.1. The highest BCUT2D eigenvalue weighted by Crippen LogP contribution is 1.85. The van der Waals surface area contributed by atoms with Crippen molar-refractivity contribution in [3.8, 4) is 0 Å². The van der Waals surface area contributed by atoms with Crippen LogP contribution in [0.1, 0.15) is 19.8 Å². The lowest BCUT2D eigenvalue weighted by atomic mass is 10.3. The van der Waals surface area contributed by atoms with Gasteiger partial charge in [-0.3, -0.25) is 4.79 Å². The van der Waals surface area contributed by atoms with Gasteiger partial charge in [0.1, 0.15) is 0 Å². The second-order valence-corrected chi connectivity index (χ2v) is 4.41. The number of hydrogen-bond donors (Lipinski definition) is 3. The quantitative estimate of drug-likeness (QED) is 0.363. The summed E-state index contributed by atoms with van der Waals surface area (Å²) in [6.45, 7) is 6.41. The minimum Gasteiger partial charge on any atom is -0.379 e. The van der Waals surface area contributed by atoms with Gasteiger partial charge in [0.25, 0.3) is 0 Å². The van der Waals surface area contributed by atoms with Gasteiger partial charge in [-0.2, -0.15) is 0 Å². The van der Waals surface area contributed by atoms with Crippen LogP contribution < -0.4 is 16.8 Å². The van der Waals surface area contributed by atoms with E-state index in [1.807, 2.05) is 0 Å². The second-order valence-electron chi connectivity index (χ2n) is 4.41. The first-order valence-corrected chi connectivity index (χ1v) is 7.15. The lowest BCUT2D eigenvalue weighted by molar-refractivity contribution is -0.122. The van der Waals surface area contributed by atoms with E-state index < -0.39 is 6.04 Å². The van der Waals surface area contributed by atoms with Crippen LogP contribution in [0.5, 0.6) is 0 Å². The standard InChI is InChI=1S/C13H29N3O4/c1-12(15)13(17)16-5-3-7-19-9-11-20-10-8-18-6-2-4-14/h12H,2-11,14-15H2,1H3,(H,16,17)/t12-/m0/s1. The van der Waals surface area contributed by atoms with Gasteiger partial charge < -0.3 is 31.0 Å². The summed E-state index contributed by atoms with van der Waals surface area (Å²) in [4.78, 5) is 11.1. The van der Waals surface area contributed by atoms with Crippen molar-refractivity contribution in [1.29, 1.82) is 0 Å². The third kappa shape index (κ3) is 13.7. The third-order valence-corrected chi connectivity index (χ3v) is 2.42. The molecule has 0 radical (unpaired) electrons. The lowest BCUT2D eigenvalue weighted by Crippen LogP contribution is -2.38. The van der Waals surface area contributed by atoms with Crippen molar-refractivity contribution < 1.29 is 19.0 Å². The Kier molecular flexibility index (Phi) is 14.1. The zero-order valence-electron chi connectivity index (χ0n) is 12.4. The van der Waals surface area contributed by atoms with Crippen molar-refractivity contribution >= 4 is 5.91 Å². The molecule has 0 aromatic rings. The van der Waals surface area contributed by atoms with Crippen molar-refractivity contribution in [3.63, 3.8) is 0 Å². The summed E-state index contributed by atoms with van der Waals surface area (Å²) in [6, 6.07) is -0.462. The van der Waals surface area contributed by atoms with Gasteiger partial charge in [0.05, 0.1) is 32.5 Å². The Hall–Kier alpha value is -0.730. The Labute approximate surface area is 121 Å². The Bertz CT molecular complexity index is 228. The normalized spacial score (nSPS) is 12.3. The molecule has 0 spiro atoms. The number of nitrogens with two attached hydrogens (primary N) is 2. The highest BCUT2D eigenvalue weighted by molar-refractivity contribution is 5.80. The molecule has 0 aromatic carbocycles. The molecule has 1 atom stereocenters. The molecule has 0 saturated carbocycles. The van der Waals surface area contributed by atoms with E-state index in [1.165, 1.54) is 0 Å². The highest BCUT2D eigenvalue weighted by atomic mass is 16.5. The predicted octanol–water partition coefficient (Wildman–Crippen LogP) is -0.761. The average molecular weight is 291 g/mol. The van der Waals surface area contributed by atoms with Crippen LogP contribution in [0.3, 0.4) is 0 Å². The number of rotatable bonds is 14. The van der Waals surface area contributed by atoms with Crippen molar-refractivity contribution in [2.24, 2.45) is 11.5 Å². The van der Waals surface area contributed by atoms with E-state index in [0.29, 0.717) is 52.7 Å². The smallest absolute Gasteiger partial charge is 0.236 e. The third-order valence-electron chi connectivity index (χ3n) is 2.42. The Balaban J connectivity index is 3.04. The van der Waals surface area contributed by atoms with Gasteiger partial charge in [-0.1, -0.05) is 0 Å². The molecule has 0 aromatic heterocycles. The van der Waals surface area contributed by atoms with E-state index in [4.69, 9.17) is 25.7 Å². The van der Waals surface area contributed by atoms with Crippen LogP contribution >= 0.6 is 0 Å². The van der Waals surface area contributed by atoms with Gasteiger partial charge in [0.2, 0.25) is 5.91 Å². The first-order valence-electron chi connectivity index (χ1n) is 7.15. The average Bonchev–Trinajstić information content (AvgIpc) is 2.43. The van der Waals surface area contributed by atoms with E-state index in [1.54, 1.807) is 6.92 Å². The van der Waals surface area contributed by atoms with Crippen LogP contribution in [-0.2, 0) is 19.0 Å². The molecule has 0 aliphatic rings. The van der Waals surface area contributed by atoms with Gasteiger partial charge in [-0.15, -0.1) is 0 Å². The zero-order valence-corrected chi connectivity index (χ0v) is 12.4. The summed E-state index contributed by atoms with van der Waals surface area (Å²) in [6.07, 6.45) is 1.64. The monoisotopic (exact) mass is 291 g/mol. The van der Waals surface area contributed by atoms with Gasteiger partial charge >= 0.3 is 0 Å². The summed E-state index contributed by atoms with van der Waals surface area (Å²) in [7, 11) is 0. The van der Waals surface area contributed by atoms with Crippen molar-refractivity contribution in [2.75, 3.05) is 52.7 Å². The Morgan fingerprint density at radius 1 is 1.00 bits per heavy atom. The first kappa shape index (κ1) is 19.3. The van der Waals surface area contributed by atoms with Crippen molar-refractivity contribution in [1.82, 2.24) is 5.32 Å². The van der Waals surface area contributed by atoms with Gasteiger partial charge in [-0.05, 0) is 26.3 Å². The summed E-state index contributed by atoms with van der Waals surface area (Å²) in [5.74, 6) is -0.136. The Morgan fingerprint density at radius 3 is 2.00 bits per heavy atom. The summed E-state index contributed by atoms with van der Waals surface area (Å²) in [5.41, 5.74) is 10.7. The SMILES string of the molecule is C[C@H](N)C(=O)NCCCOCCOCCOCCCN. The van der Waals surface area contributed by atoms with Gasteiger partial charge in [0, 0.05) is 19.8 Å². The van der Waals surface area contributed by atoms with Crippen molar-refractivity contribution in [2.45, 2.75) is 25.8 Å². The molecule has 120 valence electrons. The lowest BCUT2D eigenvalue weighted by Gasteiger charge is -2.08. The molecule has 5 N–H and O–H groups in total. The van der Waals surface area contributed by atoms with Gasteiger partial charge in [-0.25, -0.2) is 0 Å². The summed E-state index contributed by atoms with van der Waals surface area (Å²) in [5, 5.41) is 2.72. The van der Waals surface area contributed by atoms with Crippen LogP contribution in [-0.4, -0.2) is 64.7 Å². The van der Waals surface area contributed by atoms with Crippen LogP contribution in [0.25, 0.3) is 0 Å². The molecule has 0 heterocycles. The van der Waals surface area contributed by atoms with Crippen LogP contribution in [0, 0.1) is 0 Å². The number of carbonyl (C=O) groups excluding carboxylic acids is 1. The molecule has 0 aliphatic heterocycles. The summed E-state index contributed by atoms with van der Waals surface area (Å²) < 4.78 is 16.0. The largest absolute Gasteiger partial charge is 0.379 e. The molecule has 7 nitrogen and oxygen atoms in total. The fourth-order valence-corrected chi connectivity index (χ4v) is 1.27. The second kappa shape index (κ2) is 14.7. The van der Waals surface area contributed by atoms with E-state index in [0.717, 1.165) is 12.8 Å².